The van der Waals surface area contributed by atoms with Gasteiger partial charge in [-0.25, -0.2) is 0 Å². The van der Waals surface area contributed by atoms with Crippen molar-refractivity contribution < 1.29 is 9.59 Å². The molecule has 2 amide bonds. The molecule has 30 heavy (non-hydrogen) atoms. The summed E-state index contributed by atoms with van der Waals surface area (Å²) in [5.41, 5.74) is 3.20. The van der Waals surface area contributed by atoms with Crippen molar-refractivity contribution in [2.24, 2.45) is 5.92 Å². The Morgan fingerprint density at radius 1 is 1.10 bits per heavy atom. The molecule has 0 aliphatic carbocycles. The van der Waals surface area contributed by atoms with Crippen LogP contribution in [-0.2, 0) is 22.6 Å². The summed E-state index contributed by atoms with van der Waals surface area (Å²) in [5.74, 6) is -0.186. The summed E-state index contributed by atoms with van der Waals surface area (Å²) in [6, 6.07) is 18.0. The molecule has 2 unspecified atom stereocenters. The summed E-state index contributed by atoms with van der Waals surface area (Å²) < 4.78 is 0. The second-order valence-corrected chi connectivity index (χ2v) is 8.89. The van der Waals surface area contributed by atoms with Gasteiger partial charge >= 0.3 is 0 Å². The number of amides is 2. The SMILES string of the molecule is O=C1CC(C(=O)N2CCc3sccc3C2c2ccccc2)CN1Cc1ccccn1. The van der Waals surface area contributed by atoms with E-state index in [-0.39, 0.29) is 30.2 Å². The third-order valence-corrected chi connectivity index (χ3v) is 7.00. The lowest BCUT2D eigenvalue weighted by molar-refractivity contribution is -0.137. The molecule has 6 heteroatoms. The third kappa shape index (κ3) is 3.52. The number of hydrogen-bond acceptors (Lipinski definition) is 4. The molecule has 2 aromatic heterocycles. The number of carbonyl (C=O) groups is 2. The van der Waals surface area contributed by atoms with E-state index in [2.05, 4.69) is 28.6 Å². The van der Waals surface area contributed by atoms with Crippen LogP contribution in [0.3, 0.4) is 0 Å². The van der Waals surface area contributed by atoms with Gasteiger partial charge in [-0.05, 0) is 41.1 Å². The van der Waals surface area contributed by atoms with E-state index < -0.39 is 0 Å². The maximum atomic E-state index is 13.6. The molecule has 1 aromatic carbocycles. The van der Waals surface area contributed by atoms with Crippen LogP contribution < -0.4 is 0 Å². The van der Waals surface area contributed by atoms with Crippen LogP contribution in [0.2, 0.25) is 0 Å². The van der Waals surface area contributed by atoms with Crippen molar-refractivity contribution >= 4 is 23.2 Å². The summed E-state index contributed by atoms with van der Waals surface area (Å²) in [6.07, 6.45) is 2.88. The molecule has 3 aromatic rings. The fourth-order valence-electron chi connectivity index (χ4n) is 4.56. The highest BCUT2D eigenvalue weighted by Gasteiger charge is 2.40. The maximum absolute atomic E-state index is 13.6. The van der Waals surface area contributed by atoms with Crippen molar-refractivity contribution in [2.75, 3.05) is 13.1 Å². The average Bonchev–Trinajstić information content (AvgIpc) is 3.40. The number of likely N-dealkylation sites (tertiary alicyclic amines) is 1. The largest absolute Gasteiger partial charge is 0.336 e. The van der Waals surface area contributed by atoms with Crippen molar-refractivity contribution in [3.8, 4) is 0 Å². The number of pyridine rings is 1. The number of hydrogen-bond donors (Lipinski definition) is 0. The molecule has 5 nitrogen and oxygen atoms in total. The minimum absolute atomic E-state index is 0.0310. The smallest absolute Gasteiger partial charge is 0.228 e. The van der Waals surface area contributed by atoms with E-state index >= 15 is 0 Å². The quantitative estimate of drug-likeness (QED) is 0.651. The molecule has 0 saturated carbocycles. The number of rotatable bonds is 4. The molecule has 2 aliphatic heterocycles. The lowest BCUT2D eigenvalue weighted by Crippen LogP contribution is -2.43. The lowest BCUT2D eigenvalue weighted by atomic mass is 9.91. The van der Waals surface area contributed by atoms with Gasteiger partial charge in [0.25, 0.3) is 0 Å². The Kier molecular flexibility index (Phi) is 5.09. The van der Waals surface area contributed by atoms with Crippen LogP contribution in [-0.4, -0.2) is 39.7 Å². The highest BCUT2D eigenvalue weighted by atomic mass is 32.1. The number of carbonyl (C=O) groups excluding carboxylic acids is 2. The fraction of sp³-hybridized carbons (Fsp3) is 0.292. The monoisotopic (exact) mass is 417 g/mol. The van der Waals surface area contributed by atoms with E-state index in [4.69, 9.17) is 0 Å². The minimum atomic E-state index is -0.299. The molecule has 4 heterocycles. The van der Waals surface area contributed by atoms with E-state index in [9.17, 15) is 9.59 Å². The Labute approximate surface area is 180 Å². The molecule has 2 aliphatic rings. The summed E-state index contributed by atoms with van der Waals surface area (Å²) in [4.78, 5) is 35.6. The zero-order valence-electron chi connectivity index (χ0n) is 16.6. The summed E-state index contributed by atoms with van der Waals surface area (Å²) in [7, 11) is 0. The predicted octanol–water partition coefficient (Wildman–Crippen LogP) is 3.67. The average molecular weight is 418 g/mol. The Morgan fingerprint density at radius 2 is 1.93 bits per heavy atom. The molecular weight excluding hydrogens is 394 g/mol. The molecule has 5 rings (SSSR count). The van der Waals surface area contributed by atoms with Crippen LogP contribution in [0.1, 0.15) is 34.2 Å². The van der Waals surface area contributed by atoms with Crippen molar-refractivity contribution in [3.05, 3.63) is 87.9 Å². The number of thiophene rings is 1. The van der Waals surface area contributed by atoms with Gasteiger partial charge in [-0.3, -0.25) is 14.6 Å². The summed E-state index contributed by atoms with van der Waals surface area (Å²) in [5, 5.41) is 2.11. The highest BCUT2D eigenvalue weighted by molar-refractivity contribution is 7.10. The molecule has 152 valence electrons. The van der Waals surface area contributed by atoms with Crippen LogP contribution in [0, 0.1) is 5.92 Å². The van der Waals surface area contributed by atoms with Crippen LogP contribution in [0.15, 0.2) is 66.2 Å². The van der Waals surface area contributed by atoms with Crippen molar-refractivity contribution in [1.82, 2.24) is 14.8 Å². The second kappa shape index (κ2) is 8.03. The Balaban J connectivity index is 1.38. The van der Waals surface area contributed by atoms with E-state index in [1.54, 1.807) is 22.4 Å². The fourth-order valence-corrected chi connectivity index (χ4v) is 5.46. The topological polar surface area (TPSA) is 53.5 Å². The molecule has 2 atom stereocenters. The van der Waals surface area contributed by atoms with Crippen LogP contribution in [0.5, 0.6) is 0 Å². The van der Waals surface area contributed by atoms with Gasteiger partial charge in [0, 0.05) is 30.6 Å². The molecule has 0 spiro atoms. The van der Waals surface area contributed by atoms with Gasteiger partial charge in [0.15, 0.2) is 0 Å². The molecule has 1 saturated heterocycles. The van der Waals surface area contributed by atoms with E-state index in [0.29, 0.717) is 19.6 Å². The molecule has 0 radical (unpaired) electrons. The Hall–Kier alpha value is -2.99. The second-order valence-electron chi connectivity index (χ2n) is 7.89. The van der Waals surface area contributed by atoms with Gasteiger partial charge in [-0.15, -0.1) is 11.3 Å². The van der Waals surface area contributed by atoms with Crippen LogP contribution in [0.4, 0.5) is 0 Å². The predicted molar refractivity (Wildman–Crippen MR) is 116 cm³/mol. The van der Waals surface area contributed by atoms with Gasteiger partial charge in [-0.2, -0.15) is 0 Å². The van der Waals surface area contributed by atoms with Gasteiger partial charge in [0.2, 0.25) is 11.8 Å². The first-order valence-corrected chi connectivity index (χ1v) is 11.2. The number of benzene rings is 1. The first-order valence-electron chi connectivity index (χ1n) is 10.3. The molecular formula is C24H23N3O2S. The van der Waals surface area contributed by atoms with Crippen LogP contribution >= 0.6 is 11.3 Å². The number of nitrogens with zero attached hydrogens (tertiary/aromatic N) is 3. The van der Waals surface area contributed by atoms with Gasteiger partial charge in [-0.1, -0.05) is 36.4 Å². The zero-order chi connectivity index (χ0) is 20.5. The molecule has 0 bridgehead atoms. The first-order chi connectivity index (χ1) is 14.7. The Morgan fingerprint density at radius 3 is 2.73 bits per heavy atom. The van der Waals surface area contributed by atoms with Crippen LogP contribution in [0.25, 0.3) is 0 Å². The first kappa shape index (κ1) is 19.0. The van der Waals surface area contributed by atoms with E-state index in [1.165, 1.54) is 10.4 Å². The lowest BCUT2D eigenvalue weighted by Gasteiger charge is -2.37. The standard InChI is InChI=1S/C24H23N3O2S/c28-22-14-18(15-26(22)16-19-8-4-5-11-25-19)24(29)27-12-9-21-20(10-13-30-21)23(27)17-6-2-1-3-7-17/h1-8,10-11,13,18,23H,9,12,14-16H2. The van der Waals surface area contributed by atoms with Gasteiger partial charge in [0.1, 0.15) is 0 Å². The van der Waals surface area contributed by atoms with E-state index in [0.717, 1.165) is 17.7 Å². The van der Waals surface area contributed by atoms with Gasteiger partial charge < -0.3 is 9.80 Å². The molecule has 0 N–H and O–H groups in total. The highest BCUT2D eigenvalue weighted by Crippen LogP contribution is 2.39. The van der Waals surface area contributed by atoms with Crippen molar-refractivity contribution in [2.45, 2.75) is 25.4 Å². The van der Waals surface area contributed by atoms with Gasteiger partial charge in [0.05, 0.1) is 24.2 Å². The van der Waals surface area contributed by atoms with E-state index in [1.807, 2.05) is 41.3 Å². The third-order valence-electron chi connectivity index (χ3n) is 6.01. The normalized spacial score (nSPS) is 21.0. The zero-order valence-corrected chi connectivity index (χ0v) is 17.4. The molecule has 1 fully saturated rings. The summed E-state index contributed by atoms with van der Waals surface area (Å²) in [6.45, 7) is 1.61. The number of fused-ring (bicyclic) bond motifs is 1. The maximum Gasteiger partial charge on any atom is 0.228 e. The van der Waals surface area contributed by atoms with Crippen molar-refractivity contribution in [1.29, 1.82) is 0 Å². The number of aromatic nitrogens is 1. The summed E-state index contributed by atoms with van der Waals surface area (Å²) >= 11 is 1.76. The minimum Gasteiger partial charge on any atom is -0.336 e. The Bertz CT molecular complexity index is 1050. The van der Waals surface area contributed by atoms with Crippen molar-refractivity contribution in [3.63, 3.8) is 0 Å².